The summed E-state index contributed by atoms with van der Waals surface area (Å²) in [4.78, 5) is 23.7. The van der Waals surface area contributed by atoms with Crippen molar-refractivity contribution in [2.45, 2.75) is 6.42 Å². The fraction of sp³-hybridized carbons (Fsp3) is 0.118. The molecule has 0 spiro atoms. The minimum atomic E-state index is -1.69. The molecule has 3 rings (SSSR count). The highest BCUT2D eigenvalue weighted by atomic mass is 19.2. The maximum atomic E-state index is 13.5. The first kappa shape index (κ1) is 17.5. The van der Waals surface area contributed by atoms with Crippen LogP contribution < -0.4 is 10.6 Å². The Bertz CT molecular complexity index is 988. The van der Waals surface area contributed by atoms with Gasteiger partial charge in [-0.05, 0) is 24.3 Å². The van der Waals surface area contributed by atoms with Gasteiger partial charge in [0.15, 0.2) is 23.0 Å². The Kier molecular flexibility index (Phi) is 4.87. The van der Waals surface area contributed by atoms with Crippen LogP contribution in [0.25, 0.3) is 11.0 Å². The number of carbonyl (C=O) groups excluding carboxylic acids is 2. The number of carbonyl (C=O) groups is 2. The van der Waals surface area contributed by atoms with Crippen molar-refractivity contribution in [3.63, 3.8) is 0 Å². The van der Waals surface area contributed by atoms with Crippen LogP contribution in [0, 0.1) is 17.5 Å². The van der Waals surface area contributed by atoms with Gasteiger partial charge in [0.2, 0.25) is 11.8 Å². The predicted octanol–water partition coefficient (Wildman–Crippen LogP) is 2.54. The Balaban J connectivity index is 1.56. The van der Waals surface area contributed by atoms with E-state index in [0.29, 0.717) is 22.7 Å². The van der Waals surface area contributed by atoms with E-state index in [2.05, 4.69) is 15.8 Å². The number of fused-ring (bicyclic) bond motifs is 1. The molecule has 9 heteroatoms. The minimum absolute atomic E-state index is 0.121. The van der Waals surface area contributed by atoms with Gasteiger partial charge in [0.05, 0.1) is 18.7 Å². The molecule has 1 heterocycles. The average molecular weight is 363 g/mol. The number of hydrogen-bond acceptors (Lipinski definition) is 4. The maximum absolute atomic E-state index is 13.5. The quantitative estimate of drug-likeness (QED) is 0.683. The summed E-state index contributed by atoms with van der Waals surface area (Å²) in [6.07, 6.45) is -0.121. The number of rotatable bonds is 5. The molecule has 0 radical (unpaired) electrons. The Morgan fingerprint density at radius 3 is 2.58 bits per heavy atom. The van der Waals surface area contributed by atoms with Gasteiger partial charge in [-0.15, -0.1) is 0 Å². The maximum Gasteiger partial charge on any atom is 0.243 e. The van der Waals surface area contributed by atoms with Crippen LogP contribution in [0.4, 0.5) is 18.9 Å². The number of nitrogens with zero attached hydrogens (tertiary/aromatic N) is 1. The van der Waals surface area contributed by atoms with E-state index in [1.807, 2.05) is 0 Å². The van der Waals surface area contributed by atoms with Gasteiger partial charge in [0, 0.05) is 5.39 Å². The van der Waals surface area contributed by atoms with Crippen molar-refractivity contribution >= 4 is 28.5 Å². The summed E-state index contributed by atoms with van der Waals surface area (Å²) in [5.74, 6) is -5.88. The zero-order chi connectivity index (χ0) is 18.7. The number of benzene rings is 2. The first-order valence-electron chi connectivity index (χ1n) is 7.49. The van der Waals surface area contributed by atoms with Gasteiger partial charge in [0.1, 0.15) is 5.69 Å². The normalized spacial score (nSPS) is 10.7. The van der Waals surface area contributed by atoms with Gasteiger partial charge in [0.25, 0.3) is 0 Å². The van der Waals surface area contributed by atoms with E-state index in [1.54, 1.807) is 24.3 Å². The van der Waals surface area contributed by atoms with E-state index in [-0.39, 0.29) is 6.42 Å². The van der Waals surface area contributed by atoms with Crippen molar-refractivity contribution in [3.8, 4) is 0 Å². The molecule has 1 aromatic heterocycles. The Hall–Kier alpha value is -3.36. The molecule has 0 aliphatic carbocycles. The Labute approximate surface area is 145 Å². The molecule has 2 aromatic carbocycles. The van der Waals surface area contributed by atoms with Gasteiger partial charge in [-0.3, -0.25) is 9.59 Å². The van der Waals surface area contributed by atoms with E-state index in [1.165, 1.54) is 0 Å². The lowest BCUT2D eigenvalue weighted by Crippen LogP contribution is -2.34. The third-order valence-corrected chi connectivity index (χ3v) is 3.54. The molecule has 6 nitrogen and oxygen atoms in total. The lowest BCUT2D eigenvalue weighted by molar-refractivity contribution is -0.123. The summed E-state index contributed by atoms with van der Waals surface area (Å²) in [5, 5.41) is 8.85. The van der Waals surface area contributed by atoms with Crippen LogP contribution in [0.3, 0.4) is 0 Å². The van der Waals surface area contributed by atoms with Crippen molar-refractivity contribution in [2.75, 3.05) is 11.9 Å². The molecule has 0 saturated heterocycles. The van der Waals surface area contributed by atoms with Gasteiger partial charge < -0.3 is 15.2 Å². The van der Waals surface area contributed by atoms with Crippen molar-refractivity contribution in [2.24, 2.45) is 0 Å². The zero-order valence-corrected chi connectivity index (χ0v) is 13.2. The molecule has 0 bridgehead atoms. The van der Waals surface area contributed by atoms with E-state index in [0.717, 1.165) is 6.07 Å². The lowest BCUT2D eigenvalue weighted by Gasteiger charge is -2.08. The second-order valence-corrected chi connectivity index (χ2v) is 5.35. The first-order chi connectivity index (χ1) is 12.5. The number of para-hydroxylation sites is 1. The Morgan fingerprint density at radius 2 is 1.77 bits per heavy atom. The van der Waals surface area contributed by atoms with Crippen LogP contribution in [-0.4, -0.2) is 23.5 Å². The molecule has 3 aromatic rings. The molecule has 2 N–H and O–H groups in total. The molecule has 0 saturated carbocycles. The highest BCUT2D eigenvalue weighted by molar-refractivity contribution is 5.95. The third-order valence-electron chi connectivity index (χ3n) is 3.54. The highest BCUT2D eigenvalue weighted by Crippen LogP contribution is 2.19. The zero-order valence-electron chi connectivity index (χ0n) is 13.2. The Morgan fingerprint density at radius 1 is 1.00 bits per heavy atom. The van der Waals surface area contributed by atoms with Gasteiger partial charge in [-0.2, -0.15) is 0 Å². The number of halogens is 3. The second kappa shape index (κ2) is 7.26. The summed E-state index contributed by atoms with van der Waals surface area (Å²) >= 11 is 0. The van der Waals surface area contributed by atoms with Crippen LogP contribution >= 0.6 is 0 Å². The molecular formula is C17H12F3N3O3. The van der Waals surface area contributed by atoms with Crippen molar-refractivity contribution < 1.29 is 27.3 Å². The van der Waals surface area contributed by atoms with Crippen molar-refractivity contribution in [3.05, 3.63) is 59.5 Å². The van der Waals surface area contributed by atoms with Crippen LogP contribution in [0.2, 0.25) is 0 Å². The van der Waals surface area contributed by atoms with Gasteiger partial charge >= 0.3 is 0 Å². The van der Waals surface area contributed by atoms with E-state index in [9.17, 15) is 22.8 Å². The van der Waals surface area contributed by atoms with Gasteiger partial charge in [-0.25, -0.2) is 13.2 Å². The first-order valence-corrected chi connectivity index (χ1v) is 7.49. The topological polar surface area (TPSA) is 84.2 Å². The summed E-state index contributed by atoms with van der Waals surface area (Å²) in [6.45, 7) is -0.479. The fourth-order valence-corrected chi connectivity index (χ4v) is 2.28. The predicted molar refractivity (Wildman–Crippen MR) is 85.7 cm³/mol. The van der Waals surface area contributed by atoms with Crippen LogP contribution in [-0.2, 0) is 16.0 Å². The highest BCUT2D eigenvalue weighted by Gasteiger charge is 2.16. The molecule has 0 unspecified atom stereocenters. The second-order valence-electron chi connectivity index (χ2n) is 5.35. The third kappa shape index (κ3) is 3.66. The monoisotopic (exact) mass is 363 g/mol. The standard InChI is InChI=1S/C17H12F3N3O3/c18-10-5-6-11(17(20)16(10)19)22-15(25)8-21-14(24)7-12-9-3-1-2-4-13(9)26-23-12/h1-6H,7-8H2,(H,21,24)(H,22,25). The number of amides is 2. The van der Waals surface area contributed by atoms with Crippen molar-refractivity contribution in [1.82, 2.24) is 10.5 Å². The van der Waals surface area contributed by atoms with E-state index >= 15 is 0 Å². The minimum Gasteiger partial charge on any atom is -0.356 e. The average Bonchev–Trinajstić information content (AvgIpc) is 3.03. The fourth-order valence-electron chi connectivity index (χ4n) is 2.28. The van der Waals surface area contributed by atoms with E-state index < -0.39 is 41.5 Å². The molecule has 2 amide bonds. The smallest absolute Gasteiger partial charge is 0.243 e. The molecular weight excluding hydrogens is 351 g/mol. The number of hydrogen-bond donors (Lipinski definition) is 2. The molecule has 26 heavy (non-hydrogen) atoms. The summed E-state index contributed by atoms with van der Waals surface area (Å²) < 4.78 is 44.5. The van der Waals surface area contributed by atoms with E-state index in [4.69, 9.17) is 4.52 Å². The van der Waals surface area contributed by atoms with Crippen molar-refractivity contribution in [1.29, 1.82) is 0 Å². The molecule has 0 fully saturated rings. The molecule has 0 aliphatic rings. The summed E-state index contributed by atoms with van der Waals surface area (Å²) in [5.41, 5.74) is 0.414. The van der Waals surface area contributed by atoms with Crippen LogP contribution in [0.15, 0.2) is 40.9 Å². The molecule has 134 valence electrons. The largest absolute Gasteiger partial charge is 0.356 e. The number of anilines is 1. The summed E-state index contributed by atoms with van der Waals surface area (Å²) in [7, 11) is 0. The molecule has 0 atom stereocenters. The SMILES string of the molecule is O=C(Cc1noc2ccccc12)NCC(=O)Nc1ccc(F)c(F)c1F. The number of aromatic nitrogens is 1. The molecule has 0 aliphatic heterocycles. The van der Waals surface area contributed by atoms with Crippen LogP contribution in [0.5, 0.6) is 0 Å². The number of nitrogens with one attached hydrogen (secondary N) is 2. The lowest BCUT2D eigenvalue weighted by atomic mass is 10.1. The van der Waals surface area contributed by atoms with Crippen LogP contribution in [0.1, 0.15) is 5.69 Å². The summed E-state index contributed by atoms with van der Waals surface area (Å²) in [6, 6.07) is 8.54. The van der Waals surface area contributed by atoms with Gasteiger partial charge in [-0.1, -0.05) is 17.3 Å².